The molecule has 2 heterocycles. The zero-order chi connectivity index (χ0) is 14.1. The van der Waals surface area contributed by atoms with Gasteiger partial charge in [0.15, 0.2) is 5.82 Å². The zero-order valence-corrected chi connectivity index (χ0v) is 12.4. The Morgan fingerprint density at radius 1 is 1.45 bits per heavy atom. The highest BCUT2D eigenvalue weighted by Gasteiger charge is 2.26. The fourth-order valence-electron chi connectivity index (χ4n) is 2.29. The Balaban J connectivity index is 1.92. The highest BCUT2D eigenvalue weighted by molar-refractivity contribution is 7.99. The van der Waals surface area contributed by atoms with Gasteiger partial charge in [0.2, 0.25) is 0 Å². The van der Waals surface area contributed by atoms with Crippen LogP contribution in [0.15, 0.2) is 22.7 Å². The molecular formula is C14H17N3O2S. The van der Waals surface area contributed by atoms with Crippen molar-refractivity contribution in [3.05, 3.63) is 29.6 Å². The van der Waals surface area contributed by atoms with Crippen molar-refractivity contribution >= 4 is 11.8 Å². The molecule has 106 valence electrons. The summed E-state index contributed by atoms with van der Waals surface area (Å²) in [7, 11) is 2.08. The third kappa shape index (κ3) is 2.41. The maximum Gasteiger partial charge on any atom is 0.258 e. The van der Waals surface area contributed by atoms with Crippen molar-refractivity contribution in [2.75, 3.05) is 25.1 Å². The summed E-state index contributed by atoms with van der Waals surface area (Å²) >= 11 is 1.91. The summed E-state index contributed by atoms with van der Waals surface area (Å²) in [5.74, 6) is 3.56. The van der Waals surface area contributed by atoms with Crippen LogP contribution in [-0.4, -0.2) is 45.2 Å². The molecule has 0 saturated carbocycles. The van der Waals surface area contributed by atoms with Gasteiger partial charge in [-0.05, 0) is 26.1 Å². The summed E-state index contributed by atoms with van der Waals surface area (Å²) in [6, 6.07) is 5.51. The molecular weight excluding hydrogens is 274 g/mol. The van der Waals surface area contributed by atoms with Crippen LogP contribution in [0.2, 0.25) is 0 Å². The Morgan fingerprint density at radius 3 is 3.10 bits per heavy atom. The van der Waals surface area contributed by atoms with Gasteiger partial charge < -0.3 is 9.63 Å². The number of hydrogen-bond donors (Lipinski definition) is 1. The molecule has 3 rings (SSSR count). The molecule has 6 heteroatoms. The van der Waals surface area contributed by atoms with Crippen LogP contribution in [0.1, 0.15) is 17.4 Å². The van der Waals surface area contributed by atoms with Crippen molar-refractivity contribution in [3.8, 4) is 17.2 Å². The fourth-order valence-corrected chi connectivity index (χ4v) is 3.50. The minimum absolute atomic E-state index is 0.198. The molecule has 0 amide bonds. The molecule has 0 aliphatic carbocycles. The second-order valence-electron chi connectivity index (χ2n) is 4.98. The number of nitrogens with zero attached hydrogens (tertiary/aromatic N) is 3. The molecule has 20 heavy (non-hydrogen) atoms. The molecule has 1 aromatic heterocycles. The average molecular weight is 291 g/mol. The van der Waals surface area contributed by atoms with Crippen molar-refractivity contribution in [1.82, 2.24) is 15.0 Å². The molecule has 5 nitrogen and oxygen atoms in total. The third-order valence-electron chi connectivity index (χ3n) is 3.67. The fraction of sp³-hybridized carbons (Fsp3) is 0.429. The van der Waals surface area contributed by atoms with E-state index in [-0.39, 0.29) is 11.8 Å². The predicted octanol–water partition coefficient (Wildman–Crippen LogP) is 2.47. The second kappa shape index (κ2) is 5.46. The Bertz CT molecular complexity index is 614. The number of hydrogen-bond acceptors (Lipinski definition) is 6. The Kier molecular flexibility index (Phi) is 3.67. The maximum absolute atomic E-state index is 9.76. The van der Waals surface area contributed by atoms with Gasteiger partial charge in [0.05, 0.1) is 6.04 Å². The molecule has 2 aromatic rings. The number of phenols is 1. The molecule has 0 spiro atoms. The molecule has 1 aliphatic heterocycles. The predicted molar refractivity (Wildman–Crippen MR) is 78.8 cm³/mol. The largest absolute Gasteiger partial charge is 0.508 e. The zero-order valence-electron chi connectivity index (χ0n) is 11.5. The molecule has 1 saturated heterocycles. The van der Waals surface area contributed by atoms with E-state index in [0.717, 1.165) is 35.0 Å². The standard InChI is InChI=1S/C14H17N3O2S/c1-9-10(4-3-5-12(9)18)14-15-13(16-19-14)11-8-20-7-6-17(11)2/h3-5,11,18H,6-8H2,1-2H3. The van der Waals surface area contributed by atoms with Crippen LogP contribution in [0.4, 0.5) is 0 Å². The van der Waals surface area contributed by atoms with Gasteiger partial charge >= 0.3 is 0 Å². The monoisotopic (exact) mass is 291 g/mol. The van der Waals surface area contributed by atoms with E-state index in [1.54, 1.807) is 12.1 Å². The number of benzene rings is 1. The quantitative estimate of drug-likeness (QED) is 0.917. The summed E-state index contributed by atoms with van der Waals surface area (Å²) in [6.07, 6.45) is 0. The first kappa shape index (κ1) is 13.5. The molecule has 1 aliphatic rings. The Morgan fingerprint density at radius 2 is 2.30 bits per heavy atom. The molecule has 1 N–H and O–H groups in total. The van der Waals surface area contributed by atoms with Gasteiger partial charge in [0.25, 0.3) is 5.89 Å². The summed E-state index contributed by atoms with van der Waals surface area (Å²) in [5, 5.41) is 13.9. The van der Waals surface area contributed by atoms with E-state index in [9.17, 15) is 5.11 Å². The van der Waals surface area contributed by atoms with Gasteiger partial charge in [-0.3, -0.25) is 4.90 Å². The molecule has 1 atom stereocenters. The average Bonchev–Trinajstić information content (AvgIpc) is 2.92. The topological polar surface area (TPSA) is 62.4 Å². The summed E-state index contributed by atoms with van der Waals surface area (Å²) < 4.78 is 5.38. The van der Waals surface area contributed by atoms with Crippen molar-refractivity contribution in [2.24, 2.45) is 0 Å². The first-order valence-electron chi connectivity index (χ1n) is 6.57. The third-order valence-corrected chi connectivity index (χ3v) is 4.69. The van der Waals surface area contributed by atoms with Crippen LogP contribution in [-0.2, 0) is 0 Å². The normalized spacial score (nSPS) is 20.2. The van der Waals surface area contributed by atoms with E-state index >= 15 is 0 Å². The van der Waals surface area contributed by atoms with Gasteiger partial charge in [-0.15, -0.1) is 0 Å². The van der Waals surface area contributed by atoms with Gasteiger partial charge in [0, 0.05) is 29.2 Å². The number of phenolic OH excluding ortho intramolecular Hbond substituents is 1. The highest BCUT2D eigenvalue weighted by Crippen LogP contribution is 2.31. The van der Waals surface area contributed by atoms with Crippen LogP contribution in [0.5, 0.6) is 5.75 Å². The highest BCUT2D eigenvalue weighted by atomic mass is 32.2. The van der Waals surface area contributed by atoms with E-state index in [0.29, 0.717) is 5.89 Å². The van der Waals surface area contributed by atoms with Gasteiger partial charge in [0.1, 0.15) is 5.75 Å². The van der Waals surface area contributed by atoms with Crippen molar-refractivity contribution < 1.29 is 9.63 Å². The molecule has 1 fully saturated rings. The van der Waals surface area contributed by atoms with Crippen molar-refractivity contribution in [1.29, 1.82) is 0 Å². The van der Waals surface area contributed by atoms with Gasteiger partial charge in [-0.2, -0.15) is 16.7 Å². The van der Waals surface area contributed by atoms with E-state index in [1.807, 2.05) is 24.8 Å². The second-order valence-corrected chi connectivity index (χ2v) is 6.13. The Hall–Kier alpha value is -1.53. The minimum atomic E-state index is 0.198. The van der Waals surface area contributed by atoms with E-state index < -0.39 is 0 Å². The van der Waals surface area contributed by atoms with E-state index in [2.05, 4.69) is 22.1 Å². The van der Waals surface area contributed by atoms with Crippen LogP contribution in [0.3, 0.4) is 0 Å². The minimum Gasteiger partial charge on any atom is -0.508 e. The first-order chi connectivity index (χ1) is 9.66. The lowest BCUT2D eigenvalue weighted by Gasteiger charge is -2.29. The molecule has 1 aromatic carbocycles. The maximum atomic E-state index is 9.76. The first-order valence-corrected chi connectivity index (χ1v) is 7.73. The lowest BCUT2D eigenvalue weighted by Crippen LogP contribution is -2.33. The van der Waals surface area contributed by atoms with Crippen LogP contribution >= 0.6 is 11.8 Å². The molecule has 0 radical (unpaired) electrons. The van der Waals surface area contributed by atoms with Crippen molar-refractivity contribution in [2.45, 2.75) is 13.0 Å². The smallest absolute Gasteiger partial charge is 0.258 e. The lowest BCUT2D eigenvalue weighted by molar-refractivity contribution is 0.257. The lowest BCUT2D eigenvalue weighted by atomic mass is 10.1. The van der Waals surface area contributed by atoms with Gasteiger partial charge in [-0.25, -0.2) is 0 Å². The number of thioether (sulfide) groups is 1. The molecule has 1 unspecified atom stereocenters. The number of aromatic hydroxyl groups is 1. The van der Waals surface area contributed by atoms with Gasteiger partial charge in [-0.1, -0.05) is 11.2 Å². The van der Waals surface area contributed by atoms with Crippen LogP contribution in [0, 0.1) is 6.92 Å². The number of rotatable bonds is 2. The number of aromatic nitrogens is 2. The van der Waals surface area contributed by atoms with Crippen LogP contribution < -0.4 is 0 Å². The van der Waals surface area contributed by atoms with Crippen molar-refractivity contribution in [3.63, 3.8) is 0 Å². The summed E-state index contributed by atoms with van der Waals surface area (Å²) in [5.41, 5.74) is 1.55. The molecule has 0 bridgehead atoms. The summed E-state index contributed by atoms with van der Waals surface area (Å²) in [6.45, 7) is 2.88. The van der Waals surface area contributed by atoms with E-state index in [1.165, 1.54) is 0 Å². The summed E-state index contributed by atoms with van der Waals surface area (Å²) in [4.78, 5) is 6.76. The Labute approximate surface area is 122 Å². The van der Waals surface area contributed by atoms with E-state index in [4.69, 9.17) is 4.52 Å². The SMILES string of the molecule is Cc1c(O)cccc1-c1nc(C2CSCCN2C)no1. The van der Waals surface area contributed by atoms with Crippen LogP contribution in [0.25, 0.3) is 11.5 Å².